The molecule has 1 amide bonds. The molecule has 1 aromatic heterocycles. The first-order valence-electron chi connectivity index (χ1n) is 8.82. The number of fused-ring (bicyclic) bond motifs is 1. The van der Waals surface area contributed by atoms with E-state index in [2.05, 4.69) is 39.6 Å². The van der Waals surface area contributed by atoms with E-state index in [4.69, 9.17) is 4.98 Å². The lowest BCUT2D eigenvalue weighted by atomic mass is 10.2. The second-order valence-corrected chi connectivity index (χ2v) is 6.37. The van der Waals surface area contributed by atoms with Crippen LogP contribution in [0, 0.1) is 0 Å². The van der Waals surface area contributed by atoms with Gasteiger partial charge in [0.25, 0.3) is 0 Å². The van der Waals surface area contributed by atoms with Crippen molar-refractivity contribution in [1.29, 1.82) is 0 Å². The number of aryl methyl sites for hydroxylation is 1. The van der Waals surface area contributed by atoms with E-state index in [0.717, 1.165) is 68.4 Å². The first kappa shape index (κ1) is 16.9. The Kier molecular flexibility index (Phi) is 5.16. The summed E-state index contributed by atoms with van der Waals surface area (Å²) in [5, 5.41) is 2.83. The second kappa shape index (κ2) is 7.32. The Labute approximate surface area is 143 Å². The smallest absolute Gasteiger partial charge is 0.221 e. The van der Waals surface area contributed by atoms with Gasteiger partial charge in [-0.2, -0.15) is 0 Å². The third-order valence-corrected chi connectivity index (χ3v) is 4.74. The van der Waals surface area contributed by atoms with E-state index in [1.54, 1.807) is 0 Å². The van der Waals surface area contributed by atoms with Crippen LogP contribution in [0.15, 0.2) is 18.2 Å². The summed E-state index contributed by atoms with van der Waals surface area (Å²) in [5.74, 6) is 1.05. The fraction of sp³-hybridized carbons (Fsp3) is 0.556. The Balaban J connectivity index is 1.81. The largest absolute Gasteiger partial charge is 0.327 e. The van der Waals surface area contributed by atoms with Crippen molar-refractivity contribution in [3.63, 3.8) is 0 Å². The van der Waals surface area contributed by atoms with Gasteiger partial charge in [0.15, 0.2) is 0 Å². The van der Waals surface area contributed by atoms with Crippen LogP contribution in [-0.2, 0) is 17.9 Å². The van der Waals surface area contributed by atoms with Crippen molar-refractivity contribution in [3.8, 4) is 0 Å². The average molecular weight is 329 g/mol. The summed E-state index contributed by atoms with van der Waals surface area (Å²) in [7, 11) is 0. The van der Waals surface area contributed by atoms with Crippen molar-refractivity contribution in [2.45, 2.75) is 33.9 Å². The minimum absolute atomic E-state index is 0.0571. The monoisotopic (exact) mass is 329 g/mol. The van der Waals surface area contributed by atoms with Crippen molar-refractivity contribution in [2.75, 3.05) is 38.0 Å². The minimum atomic E-state index is -0.0571. The van der Waals surface area contributed by atoms with Gasteiger partial charge in [0, 0.05) is 45.3 Å². The molecule has 1 aliphatic heterocycles. The minimum Gasteiger partial charge on any atom is -0.327 e. The van der Waals surface area contributed by atoms with E-state index in [1.165, 1.54) is 6.92 Å². The highest BCUT2D eigenvalue weighted by Gasteiger charge is 2.18. The lowest BCUT2D eigenvalue weighted by Crippen LogP contribution is -2.45. The van der Waals surface area contributed by atoms with Crippen LogP contribution < -0.4 is 5.32 Å². The first-order valence-corrected chi connectivity index (χ1v) is 8.82. The summed E-state index contributed by atoms with van der Waals surface area (Å²) < 4.78 is 2.28. The molecule has 0 bridgehead atoms. The maximum absolute atomic E-state index is 11.2. The molecule has 24 heavy (non-hydrogen) atoms. The second-order valence-electron chi connectivity index (χ2n) is 6.37. The molecule has 0 unspecified atom stereocenters. The zero-order valence-corrected chi connectivity index (χ0v) is 14.9. The predicted molar refractivity (Wildman–Crippen MR) is 97.1 cm³/mol. The highest BCUT2D eigenvalue weighted by molar-refractivity contribution is 5.91. The van der Waals surface area contributed by atoms with E-state index in [-0.39, 0.29) is 5.91 Å². The fourth-order valence-electron chi connectivity index (χ4n) is 3.40. The molecule has 0 saturated carbocycles. The molecule has 0 aliphatic carbocycles. The van der Waals surface area contributed by atoms with E-state index in [0.29, 0.717) is 0 Å². The molecular weight excluding hydrogens is 302 g/mol. The van der Waals surface area contributed by atoms with Gasteiger partial charge in [-0.1, -0.05) is 6.92 Å². The first-order chi connectivity index (χ1) is 11.6. The molecule has 1 fully saturated rings. The van der Waals surface area contributed by atoms with Crippen LogP contribution in [0.25, 0.3) is 11.0 Å². The number of piperazine rings is 1. The molecule has 3 rings (SSSR count). The molecule has 2 heterocycles. The highest BCUT2D eigenvalue weighted by atomic mass is 16.1. The summed E-state index contributed by atoms with van der Waals surface area (Å²) in [6.07, 6.45) is 0. The maximum atomic E-state index is 11.2. The Morgan fingerprint density at radius 1 is 1.12 bits per heavy atom. The summed E-state index contributed by atoms with van der Waals surface area (Å²) in [6.45, 7) is 13.3. The van der Waals surface area contributed by atoms with E-state index in [1.807, 2.05) is 12.1 Å². The van der Waals surface area contributed by atoms with Gasteiger partial charge in [-0.25, -0.2) is 4.98 Å². The van der Waals surface area contributed by atoms with Crippen LogP contribution in [0.3, 0.4) is 0 Å². The Hall–Kier alpha value is -1.92. The van der Waals surface area contributed by atoms with Crippen LogP contribution in [-0.4, -0.2) is 58.0 Å². The zero-order chi connectivity index (χ0) is 17.1. The number of aromatic nitrogens is 2. The maximum Gasteiger partial charge on any atom is 0.221 e. The third kappa shape index (κ3) is 3.60. The van der Waals surface area contributed by atoms with E-state index in [9.17, 15) is 4.79 Å². The number of hydrogen-bond donors (Lipinski definition) is 1. The molecule has 6 heteroatoms. The number of carbonyl (C=O) groups is 1. The molecule has 1 N–H and O–H groups in total. The molecule has 1 aliphatic rings. The number of hydrogen-bond acceptors (Lipinski definition) is 4. The van der Waals surface area contributed by atoms with Crippen molar-refractivity contribution in [1.82, 2.24) is 19.4 Å². The topological polar surface area (TPSA) is 53.4 Å². The molecule has 1 aromatic carbocycles. The third-order valence-electron chi connectivity index (χ3n) is 4.74. The standard InChI is InChI=1S/C18H27N5O/c1-4-21-8-10-22(11-9-21)13-18-20-16-12-15(19-14(3)24)6-7-17(16)23(18)5-2/h6-7,12H,4-5,8-11,13H2,1-3H3,(H,19,24). The number of likely N-dealkylation sites (N-methyl/N-ethyl adjacent to an activating group) is 1. The van der Waals surface area contributed by atoms with Gasteiger partial charge >= 0.3 is 0 Å². The number of rotatable bonds is 5. The molecule has 1 saturated heterocycles. The molecule has 0 radical (unpaired) electrons. The number of benzene rings is 1. The Bertz CT molecular complexity index is 716. The quantitative estimate of drug-likeness (QED) is 0.913. The van der Waals surface area contributed by atoms with Crippen LogP contribution in [0.4, 0.5) is 5.69 Å². The molecule has 2 aromatic rings. The van der Waals surface area contributed by atoms with Crippen LogP contribution in [0.2, 0.25) is 0 Å². The van der Waals surface area contributed by atoms with Crippen LogP contribution >= 0.6 is 0 Å². The van der Waals surface area contributed by atoms with Gasteiger partial charge in [-0.15, -0.1) is 0 Å². The number of amides is 1. The SMILES string of the molecule is CCN1CCN(Cc2nc3cc(NC(C)=O)ccc3n2CC)CC1. The molecule has 130 valence electrons. The molecule has 0 atom stereocenters. The number of nitrogens with one attached hydrogen (secondary N) is 1. The fourth-order valence-corrected chi connectivity index (χ4v) is 3.40. The van der Waals surface area contributed by atoms with Gasteiger partial charge in [0.1, 0.15) is 5.82 Å². The number of carbonyl (C=O) groups excluding carboxylic acids is 1. The lowest BCUT2D eigenvalue weighted by molar-refractivity contribution is -0.114. The lowest BCUT2D eigenvalue weighted by Gasteiger charge is -2.33. The Morgan fingerprint density at radius 2 is 1.83 bits per heavy atom. The highest BCUT2D eigenvalue weighted by Crippen LogP contribution is 2.22. The number of imidazole rings is 1. The van der Waals surface area contributed by atoms with E-state index < -0.39 is 0 Å². The van der Waals surface area contributed by atoms with Crippen molar-refractivity contribution < 1.29 is 4.79 Å². The molecular formula is C18H27N5O. The van der Waals surface area contributed by atoms with Crippen molar-refractivity contribution in [3.05, 3.63) is 24.0 Å². The summed E-state index contributed by atoms with van der Waals surface area (Å²) >= 11 is 0. The molecule has 0 spiro atoms. The normalized spacial score (nSPS) is 16.6. The summed E-state index contributed by atoms with van der Waals surface area (Å²) in [6, 6.07) is 5.96. The van der Waals surface area contributed by atoms with E-state index >= 15 is 0 Å². The zero-order valence-electron chi connectivity index (χ0n) is 14.9. The van der Waals surface area contributed by atoms with Crippen LogP contribution in [0.5, 0.6) is 0 Å². The summed E-state index contributed by atoms with van der Waals surface area (Å²) in [4.78, 5) is 21.1. The van der Waals surface area contributed by atoms with Gasteiger partial charge in [-0.3, -0.25) is 9.69 Å². The van der Waals surface area contributed by atoms with Gasteiger partial charge in [0.2, 0.25) is 5.91 Å². The predicted octanol–water partition coefficient (Wildman–Crippen LogP) is 2.15. The Morgan fingerprint density at radius 3 is 2.46 bits per heavy atom. The molecule has 6 nitrogen and oxygen atoms in total. The van der Waals surface area contributed by atoms with Crippen molar-refractivity contribution in [2.24, 2.45) is 0 Å². The van der Waals surface area contributed by atoms with Gasteiger partial charge < -0.3 is 14.8 Å². The average Bonchev–Trinajstić information content (AvgIpc) is 2.91. The summed E-state index contributed by atoms with van der Waals surface area (Å²) in [5.41, 5.74) is 2.89. The van der Waals surface area contributed by atoms with Crippen molar-refractivity contribution >= 4 is 22.6 Å². The van der Waals surface area contributed by atoms with Gasteiger partial charge in [0.05, 0.1) is 17.6 Å². The van der Waals surface area contributed by atoms with Gasteiger partial charge in [-0.05, 0) is 31.7 Å². The number of nitrogens with zero attached hydrogens (tertiary/aromatic N) is 4. The van der Waals surface area contributed by atoms with Crippen LogP contribution in [0.1, 0.15) is 26.6 Å². The number of anilines is 1.